The lowest BCUT2D eigenvalue weighted by Gasteiger charge is -2.17. The Bertz CT molecular complexity index is 1390. The average molecular weight is 673 g/mol. The van der Waals surface area contributed by atoms with Gasteiger partial charge in [-0.3, -0.25) is 24.5 Å². The molecule has 2 rings (SSSR count). The van der Waals surface area contributed by atoms with Crippen LogP contribution in [0.5, 0.6) is 5.75 Å². The highest BCUT2D eigenvalue weighted by Gasteiger charge is 2.22. The molecule has 0 unspecified atom stereocenters. The van der Waals surface area contributed by atoms with E-state index in [0.717, 1.165) is 6.42 Å². The van der Waals surface area contributed by atoms with Crippen molar-refractivity contribution in [2.75, 3.05) is 51.4 Å². The van der Waals surface area contributed by atoms with Gasteiger partial charge in [0.2, 0.25) is 5.91 Å². The van der Waals surface area contributed by atoms with E-state index in [1.54, 1.807) is 24.3 Å². The number of carbonyl (C=O) groups excluding carboxylic acids is 4. The smallest absolute Gasteiger partial charge is 0.429 e. The van der Waals surface area contributed by atoms with Gasteiger partial charge in [0.05, 0.1) is 11.5 Å². The summed E-state index contributed by atoms with van der Waals surface area (Å²) < 4.78 is 27.9. The standard InChI is InChI=1S/C32H42N6O10/c1-2-34-16-4-3-6-25(20-29(40)23-46-22-28(39)7-5-18-45-19-17-35-37-33)31(41)36-26-10-8-24(9-11-26)21-47-32(42)48-30-14-12-27(13-15-30)38(43)44/h8-15,25,34H,2-7,16-23H2,1H3,(H,36,41)/t25-/m1/s1/i1T. The summed E-state index contributed by atoms with van der Waals surface area (Å²) in [5.74, 6) is -1.39. The number of Topliss-reactive ketones (excluding diaryl/α,β-unsaturated/α-hetero) is 2. The van der Waals surface area contributed by atoms with Crippen molar-refractivity contribution in [1.82, 2.24) is 5.32 Å². The highest BCUT2D eigenvalue weighted by molar-refractivity contribution is 5.95. The molecule has 0 heterocycles. The average Bonchev–Trinajstić information content (AvgIpc) is 3.08. The molecule has 0 radical (unpaired) electrons. The number of hydrogen-bond acceptors (Lipinski definition) is 12. The largest absolute Gasteiger partial charge is 0.514 e. The Morgan fingerprint density at radius 2 is 1.75 bits per heavy atom. The number of hydrogen-bond donors (Lipinski definition) is 2. The van der Waals surface area contributed by atoms with Crippen LogP contribution in [0.15, 0.2) is 53.6 Å². The van der Waals surface area contributed by atoms with E-state index in [-0.39, 0.29) is 81.6 Å². The fourth-order valence-corrected chi connectivity index (χ4v) is 4.23. The number of ketones is 2. The maximum absolute atomic E-state index is 13.2. The lowest BCUT2D eigenvalue weighted by Crippen LogP contribution is -2.27. The lowest BCUT2D eigenvalue weighted by atomic mass is 9.95. The third-order valence-corrected chi connectivity index (χ3v) is 6.67. The van der Waals surface area contributed by atoms with Crippen molar-refractivity contribution in [3.63, 3.8) is 0 Å². The van der Waals surface area contributed by atoms with Crippen LogP contribution in [0.1, 0.15) is 52.4 Å². The second kappa shape index (κ2) is 23.4. The van der Waals surface area contributed by atoms with Gasteiger partial charge in [-0.1, -0.05) is 30.6 Å². The quantitative estimate of drug-likeness (QED) is 0.0201. The van der Waals surface area contributed by atoms with E-state index in [4.69, 9.17) is 25.8 Å². The molecule has 16 heteroatoms. The monoisotopic (exact) mass is 672 g/mol. The van der Waals surface area contributed by atoms with Gasteiger partial charge < -0.3 is 29.6 Å². The summed E-state index contributed by atoms with van der Waals surface area (Å²) in [6.45, 7) is 1.70. The molecule has 0 aliphatic rings. The normalized spacial score (nSPS) is 11.5. The first-order chi connectivity index (χ1) is 23.7. The fraction of sp³-hybridized carbons (Fsp3) is 0.500. The molecule has 16 nitrogen and oxygen atoms in total. The van der Waals surface area contributed by atoms with Crippen LogP contribution in [0.25, 0.3) is 10.4 Å². The van der Waals surface area contributed by atoms with Crippen LogP contribution < -0.4 is 15.4 Å². The molecule has 48 heavy (non-hydrogen) atoms. The van der Waals surface area contributed by atoms with Gasteiger partial charge in [-0.15, -0.1) is 0 Å². The van der Waals surface area contributed by atoms with E-state index in [9.17, 15) is 29.3 Å². The number of rotatable bonds is 25. The Labute approximate surface area is 279 Å². The van der Waals surface area contributed by atoms with Gasteiger partial charge in [0.25, 0.3) is 5.69 Å². The SMILES string of the molecule is [3H]CCNCCCC[C@H](CC(=O)COCC(=O)CCCOCCN=[N+]=[N-])C(=O)Nc1ccc(COC(=O)Oc2ccc([N+](=O)[O-])cc2)cc1. The molecular formula is C32H42N6O10. The van der Waals surface area contributed by atoms with Crippen molar-refractivity contribution in [2.45, 2.75) is 52.0 Å². The summed E-state index contributed by atoms with van der Waals surface area (Å²) in [5, 5.41) is 20.1. The van der Waals surface area contributed by atoms with E-state index >= 15 is 0 Å². The van der Waals surface area contributed by atoms with E-state index in [1.165, 1.54) is 24.3 Å². The Morgan fingerprint density at radius 1 is 1.00 bits per heavy atom. The van der Waals surface area contributed by atoms with Crippen LogP contribution in [0.2, 0.25) is 0 Å². The number of amides is 1. The van der Waals surface area contributed by atoms with Crippen molar-refractivity contribution in [2.24, 2.45) is 11.0 Å². The van der Waals surface area contributed by atoms with Crippen LogP contribution in [0.4, 0.5) is 16.2 Å². The molecule has 0 saturated carbocycles. The van der Waals surface area contributed by atoms with Gasteiger partial charge in [0.15, 0.2) is 11.6 Å². The molecule has 1 amide bonds. The Balaban J connectivity index is 1.81. The topological polar surface area (TPSA) is 221 Å². The maximum atomic E-state index is 13.2. The van der Waals surface area contributed by atoms with Crippen LogP contribution in [0.3, 0.4) is 0 Å². The molecule has 0 saturated heterocycles. The Morgan fingerprint density at radius 3 is 2.46 bits per heavy atom. The number of azide groups is 1. The first kappa shape index (κ1) is 37.6. The van der Waals surface area contributed by atoms with Crippen molar-refractivity contribution < 1.29 is 44.4 Å². The second-order valence-corrected chi connectivity index (χ2v) is 10.5. The second-order valence-electron chi connectivity index (χ2n) is 10.5. The van der Waals surface area contributed by atoms with Gasteiger partial charge in [0.1, 0.15) is 25.6 Å². The highest BCUT2D eigenvalue weighted by atomic mass is 16.7. The van der Waals surface area contributed by atoms with E-state index in [1.807, 2.05) is 0 Å². The highest BCUT2D eigenvalue weighted by Crippen LogP contribution is 2.20. The van der Waals surface area contributed by atoms with E-state index < -0.39 is 17.0 Å². The number of nitro groups is 1. The third-order valence-electron chi connectivity index (χ3n) is 6.67. The van der Waals surface area contributed by atoms with Crippen molar-refractivity contribution >= 4 is 35.0 Å². The lowest BCUT2D eigenvalue weighted by molar-refractivity contribution is -0.384. The predicted octanol–water partition coefficient (Wildman–Crippen LogP) is 5.30. The van der Waals surface area contributed by atoms with Crippen molar-refractivity contribution in [3.05, 3.63) is 74.7 Å². The summed E-state index contributed by atoms with van der Waals surface area (Å²) >= 11 is 0. The fourth-order valence-electron chi connectivity index (χ4n) is 4.23. The first-order valence-electron chi connectivity index (χ1n) is 16.1. The number of benzene rings is 2. The zero-order valence-corrected chi connectivity index (χ0v) is 26.7. The number of non-ortho nitro benzene ring substituents is 1. The van der Waals surface area contributed by atoms with Gasteiger partial charge in [-0.2, -0.15) is 0 Å². The molecule has 0 aliphatic heterocycles. The first-order valence-corrected chi connectivity index (χ1v) is 15.4. The summed E-state index contributed by atoms with van der Waals surface area (Å²) in [7, 11) is 0. The number of anilines is 1. The third kappa shape index (κ3) is 17.1. The maximum Gasteiger partial charge on any atom is 0.514 e. The molecule has 2 N–H and O–H groups in total. The molecule has 0 bridgehead atoms. The minimum atomic E-state index is -0.994. The number of nitrogens with one attached hydrogen (secondary N) is 2. The Kier molecular flexibility index (Phi) is 18.3. The molecule has 0 fully saturated rings. The molecule has 0 aromatic heterocycles. The summed E-state index contributed by atoms with van der Waals surface area (Å²) in [5.41, 5.74) is 9.16. The summed E-state index contributed by atoms with van der Waals surface area (Å²) in [6, 6.07) is 11.5. The number of nitrogens with zero attached hydrogens (tertiary/aromatic N) is 4. The van der Waals surface area contributed by atoms with Gasteiger partial charge in [-0.05, 0) is 67.7 Å². The molecule has 0 spiro atoms. The van der Waals surface area contributed by atoms with E-state index in [0.29, 0.717) is 50.2 Å². The molecule has 0 aliphatic carbocycles. The van der Waals surface area contributed by atoms with Gasteiger partial charge in [0, 0.05) is 56.0 Å². The van der Waals surface area contributed by atoms with Gasteiger partial charge in [-0.25, -0.2) is 4.79 Å². The van der Waals surface area contributed by atoms with Crippen LogP contribution in [-0.4, -0.2) is 74.6 Å². The number of ether oxygens (including phenoxy) is 4. The summed E-state index contributed by atoms with van der Waals surface area (Å²) in [6.07, 6.45) is 1.50. The predicted molar refractivity (Wildman–Crippen MR) is 174 cm³/mol. The zero-order valence-electron chi connectivity index (χ0n) is 27.7. The molecular weight excluding hydrogens is 628 g/mol. The van der Waals surface area contributed by atoms with Crippen molar-refractivity contribution in [1.29, 1.82) is 0 Å². The van der Waals surface area contributed by atoms with Crippen LogP contribution in [-0.2, 0) is 35.2 Å². The number of carbonyl (C=O) groups is 4. The minimum absolute atomic E-state index is 0.0675. The Hall–Kier alpha value is -4.89. The number of nitro benzene ring substituents is 1. The van der Waals surface area contributed by atoms with Gasteiger partial charge >= 0.3 is 6.16 Å². The van der Waals surface area contributed by atoms with Crippen molar-refractivity contribution in [3.8, 4) is 5.75 Å². The van der Waals surface area contributed by atoms with Crippen LogP contribution in [0, 0.1) is 16.0 Å². The molecule has 2 aromatic rings. The summed E-state index contributed by atoms with van der Waals surface area (Å²) in [4.78, 5) is 62.8. The molecule has 2 aromatic carbocycles. The van der Waals surface area contributed by atoms with E-state index in [2.05, 4.69) is 20.7 Å². The van der Waals surface area contributed by atoms with Crippen LogP contribution >= 0.6 is 0 Å². The number of unbranched alkanes of at least 4 members (excludes halogenated alkanes) is 1. The molecule has 1 atom stereocenters. The zero-order chi connectivity index (χ0) is 35.7. The molecule has 260 valence electrons. The minimum Gasteiger partial charge on any atom is -0.429 e.